The number of nitrogens with two attached hydrogens (primary N) is 1. The van der Waals surface area contributed by atoms with E-state index in [1.165, 1.54) is 0 Å². The van der Waals surface area contributed by atoms with Crippen LogP contribution in [0.25, 0.3) is 0 Å². The first-order valence-corrected chi connectivity index (χ1v) is 3.88. The minimum atomic E-state index is 0.481. The second-order valence-electron chi connectivity index (χ2n) is 1.90. The van der Waals surface area contributed by atoms with E-state index < -0.39 is 0 Å². The Bertz CT molecular complexity index is 102. The molecule has 1 aliphatic rings. The number of hydrogen-bond donors (Lipinski definition) is 3. The molecule has 0 atom stereocenters. The number of hydrazine groups is 1. The van der Waals surface area contributed by atoms with Crippen LogP contribution in [-0.4, -0.2) is 19.3 Å². The van der Waals surface area contributed by atoms with Gasteiger partial charge in [0, 0.05) is 12.4 Å². The van der Waals surface area contributed by atoms with E-state index in [0.29, 0.717) is 6.04 Å². The Kier molecular flexibility index (Phi) is 6.87. The van der Waals surface area contributed by atoms with Gasteiger partial charge < -0.3 is 15.5 Å². The summed E-state index contributed by atoms with van der Waals surface area (Å²) >= 11 is 0. The summed E-state index contributed by atoms with van der Waals surface area (Å²) in [5.41, 5.74) is 2.39. The van der Waals surface area contributed by atoms with Crippen molar-refractivity contribution in [3.63, 3.8) is 0 Å². The molecule has 1 saturated heterocycles. The quantitative estimate of drug-likeness (QED) is 0.399. The van der Waals surface area contributed by atoms with Crippen molar-refractivity contribution in [2.24, 2.45) is 5.84 Å². The molecular formula is C7H17N3O. The Labute approximate surface area is 67.8 Å². The van der Waals surface area contributed by atoms with Crippen LogP contribution in [0.5, 0.6) is 0 Å². The third-order valence-corrected chi connectivity index (χ3v) is 1.15. The van der Waals surface area contributed by atoms with E-state index >= 15 is 0 Å². The molecule has 4 N–H and O–H groups in total. The smallest absolute Gasteiger partial charge is 0.0724 e. The second kappa shape index (κ2) is 7.37. The van der Waals surface area contributed by atoms with Crippen molar-refractivity contribution in [2.45, 2.75) is 19.9 Å². The van der Waals surface area contributed by atoms with Gasteiger partial charge in [-0.05, 0) is 0 Å². The van der Waals surface area contributed by atoms with Crippen LogP contribution in [-0.2, 0) is 4.74 Å². The summed E-state index contributed by atoms with van der Waals surface area (Å²) in [6, 6.07) is 0.481. The Morgan fingerprint density at radius 2 is 2.00 bits per heavy atom. The Hall–Kier alpha value is -0.740. The van der Waals surface area contributed by atoms with E-state index in [4.69, 9.17) is 10.6 Å². The fourth-order valence-electron chi connectivity index (χ4n) is 0.564. The highest BCUT2D eigenvalue weighted by molar-refractivity contribution is 4.82. The monoisotopic (exact) mass is 159 g/mol. The van der Waals surface area contributed by atoms with E-state index in [0.717, 1.165) is 13.2 Å². The molecule has 4 nitrogen and oxygen atoms in total. The van der Waals surface area contributed by atoms with Crippen molar-refractivity contribution in [1.29, 1.82) is 0 Å². The fourth-order valence-corrected chi connectivity index (χ4v) is 0.564. The molecule has 0 spiro atoms. The van der Waals surface area contributed by atoms with Crippen LogP contribution in [0.3, 0.4) is 0 Å². The summed E-state index contributed by atoms with van der Waals surface area (Å²) < 4.78 is 4.92. The second-order valence-corrected chi connectivity index (χ2v) is 1.90. The Morgan fingerprint density at radius 3 is 2.36 bits per heavy atom. The number of rotatable bonds is 3. The van der Waals surface area contributed by atoms with Crippen LogP contribution in [0, 0.1) is 0 Å². The van der Waals surface area contributed by atoms with E-state index in [9.17, 15) is 0 Å². The van der Waals surface area contributed by atoms with Gasteiger partial charge in [-0.1, -0.05) is 13.8 Å². The normalized spacial score (nSPS) is 16.6. The maximum atomic E-state index is 4.97. The van der Waals surface area contributed by atoms with Gasteiger partial charge in [-0.2, -0.15) is 0 Å². The molecule has 1 aliphatic heterocycles. The molecule has 1 heterocycles. The molecule has 0 aromatic rings. The van der Waals surface area contributed by atoms with Gasteiger partial charge in [0.2, 0.25) is 0 Å². The SMILES string of the molecule is CC.NN/C=C\NC1COC1. The molecule has 0 saturated carbocycles. The molecule has 66 valence electrons. The lowest BCUT2D eigenvalue weighted by Gasteiger charge is -2.25. The standard InChI is InChI=1S/C5H11N3O.C2H6/c6-8-2-1-7-5-3-9-4-5;1-2/h1-2,5,7-8H,3-4,6H2;1-2H3/b2-1-;. The third kappa shape index (κ3) is 4.64. The lowest BCUT2D eigenvalue weighted by Crippen LogP contribution is -2.43. The molecule has 4 heteroatoms. The molecule has 0 amide bonds. The van der Waals surface area contributed by atoms with Crippen molar-refractivity contribution in [3.8, 4) is 0 Å². The molecule has 0 bridgehead atoms. The van der Waals surface area contributed by atoms with Gasteiger partial charge in [0.1, 0.15) is 0 Å². The van der Waals surface area contributed by atoms with Crippen LogP contribution in [0.15, 0.2) is 12.4 Å². The third-order valence-electron chi connectivity index (χ3n) is 1.15. The van der Waals surface area contributed by atoms with Crippen LogP contribution >= 0.6 is 0 Å². The van der Waals surface area contributed by atoms with Gasteiger partial charge in [0.15, 0.2) is 0 Å². The highest BCUT2D eigenvalue weighted by Gasteiger charge is 2.14. The van der Waals surface area contributed by atoms with Crippen molar-refractivity contribution in [1.82, 2.24) is 10.7 Å². The maximum Gasteiger partial charge on any atom is 0.0724 e. The van der Waals surface area contributed by atoms with Gasteiger partial charge in [-0.3, -0.25) is 5.84 Å². The Morgan fingerprint density at radius 1 is 1.36 bits per heavy atom. The number of hydrogen-bond acceptors (Lipinski definition) is 4. The fraction of sp³-hybridized carbons (Fsp3) is 0.714. The summed E-state index contributed by atoms with van der Waals surface area (Å²) in [6.07, 6.45) is 3.41. The van der Waals surface area contributed by atoms with Crippen molar-refractivity contribution in [2.75, 3.05) is 13.2 Å². The first kappa shape index (κ1) is 10.3. The summed E-state index contributed by atoms with van der Waals surface area (Å²) in [5.74, 6) is 4.97. The zero-order valence-electron chi connectivity index (χ0n) is 7.13. The van der Waals surface area contributed by atoms with Crippen molar-refractivity contribution >= 4 is 0 Å². The first-order valence-electron chi connectivity index (χ1n) is 3.88. The largest absolute Gasteiger partial charge is 0.382 e. The first-order chi connectivity index (χ1) is 5.43. The van der Waals surface area contributed by atoms with Gasteiger partial charge in [-0.25, -0.2) is 0 Å². The van der Waals surface area contributed by atoms with E-state index in [2.05, 4.69) is 10.7 Å². The maximum absolute atomic E-state index is 4.97. The summed E-state index contributed by atoms with van der Waals surface area (Å²) in [5, 5.41) is 3.07. The van der Waals surface area contributed by atoms with Crippen molar-refractivity contribution in [3.05, 3.63) is 12.4 Å². The van der Waals surface area contributed by atoms with Gasteiger partial charge in [0.25, 0.3) is 0 Å². The average Bonchev–Trinajstić information content (AvgIpc) is 1.99. The minimum absolute atomic E-state index is 0.481. The van der Waals surface area contributed by atoms with Crippen LogP contribution in [0.4, 0.5) is 0 Å². The van der Waals surface area contributed by atoms with Crippen molar-refractivity contribution < 1.29 is 4.74 Å². The van der Waals surface area contributed by atoms with Crippen LogP contribution < -0.4 is 16.6 Å². The summed E-state index contributed by atoms with van der Waals surface area (Å²) in [6.45, 7) is 5.60. The Balaban J connectivity index is 0.000000461. The highest BCUT2D eigenvalue weighted by Crippen LogP contribution is 1.97. The molecule has 0 aliphatic carbocycles. The molecule has 0 radical (unpaired) electrons. The zero-order valence-corrected chi connectivity index (χ0v) is 7.13. The molecule has 0 aromatic heterocycles. The van der Waals surface area contributed by atoms with E-state index in [-0.39, 0.29) is 0 Å². The molecule has 1 fully saturated rings. The molecular weight excluding hydrogens is 142 g/mol. The topological polar surface area (TPSA) is 59.3 Å². The number of nitrogens with one attached hydrogen (secondary N) is 2. The summed E-state index contributed by atoms with van der Waals surface area (Å²) in [4.78, 5) is 0. The highest BCUT2D eigenvalue weighted by atomic mass is 16.5. The van der Waals surface area contributed by atoms with Gasteiger partial charge in [0.05, 0.1) is 19.3 Å². The van der Waals surface area contributed by atoms with Gasteiger partial charge >= 0.3 is 0 Å². The van der Waals surface area contributed by atoms with Crippen LogP contribution in [0.1, 0.15) is 13.8 Å². The predicted molar refractivity (Wildman–Crippen MR) is 45.6 cm³/mol. The predicted octanol–water partition coefficient (Wildman–Crippen LogP) is -0.0645. The van der Waals surface area contributed by atoms with E-state index in [1.807, 2.05) is 13.8 Å². The van der Waals surface area contributed by atoms with E-state index in [1.54, 1.807) is 12.4 Å². The van der Waals surface area contributed by atoms with Crippen LogP contribution in [0.2, 0.25) is 0 Å². The minimum Gasteiger partial charge on any atom is -0.382 e. The lowest BCUT2D eigenvalue weighted by atomic mass is 10.3. The average molecular weight is 159 g/mol. The van der Waals surface area contributed by atoms with Gasteiger partial charge in [-0.15, -0.1) is 0 Å². The zero-order chi connectivity index (χ0) is 8.53. The molecule has 0 unspecified atom stereocenters. The molecule has 11 heavy (non-hydrogen) atoms. The number of ether oxygens (including phenoxy) is 1. The lowest BCUT2D eigenvalue weighted by molar-refractivity contribution is 0.000724. The molecule has 0 aromatic carbocycles. The summed E-state index contributed by atoms with van der Waals surface area (Å²) in [7, 11) is 0. The molecule has 1 rings (SSSR count).